The molecule has 0 bridgehead atoms. The first-order chi connectivity index (χ1) is 1.00. The van der Waals surface area contributed by atoms with Crippen LogP contribution in [0.1, 0.15) is 0 Å². The third kappa shape index (κ3) is 24.7. The van der Waals surface area contributed by atoms with E-state index in [4.69, 9.17) is 0 Å². The largest absolute Gasteiger partial charge is 0.316 e. The van der Waals surface area contributed by atoms with Crippen LogP contribution in [-0.2, 0) is 56.2 Å². The molecule has 0 spiro atoms. The van der Waals surface area contributed by atoms with E-state index >= 15 is 0 Å². The molecule has 0 unspecified atom stereocenters. The first-order valence-corrected chi connectivity index (χ1v) is 2.42. The van der Waals surface area contributed by atoms with Gasteiger partial charge in [-0.25, -0.2) is 0 Å². The minimum absolute atomic E-state index is 0. The molecule has 6 heteroatoms. The molecule has 0 nitrogen and oxygen atoms in total. The zero-order valence-electron chi connectivity index (χ0n) is 2.49. The van der Waals surface area contributed by atoms with E-state index in [-0.39, 0.29) is 97.3 Å². The minimum Gasteiger partial charge on any atom is 0 e. The predicted molar refractivity (Wildman–Crippen MR) is 25.6 cm³/mol. The second-order valence-corrected chi connectivity index (χ2v) is 0. The summed E-state index contributed by atoms with van der Waals surface area (Å²) in [4.78, 5) is 0. The predicted octanol–water partition coefficient (Wildman–Crippen LogP) is -2.76. The van der Waals surface area contributed by atoms with Crippen LogP contribution in [0, 0.1) is 0 Å². The van der Waals surface area contributed by atoms with Gasteiger partial charge in [0.15, 0.2) is 0 Å². The Kier molecular flexibility index (Phi) is 198. The van der Waals surface area contributed by atoms with Gasteiger partial charge in [0, 0.05) is 36.5 Å². The summed E-state index contributed by atoms with van der Waals surface area (Å²) in [6.07, 6.45) is 2.01. The van der Waals surface area contributed by atoms with Gasteiger partial charge < -0.3 is 0 Å². The fourth-order valence-corrected chi connectivity index (χ4v) is 0. The number of hydrogen-bond acceptors (Lipinski definition) is 0. The molecule has 0 aromatic rings. The van der Waals surface area contributed by atoms with E-state index in [0.717, 1.165) is 0 Å². The number of hydrogen-bond donors (Lipinski definition) is 0. The molecule has 0 amide bonds. The molecule has 0 atom stereocenters. The maximum Gasteiger partial charge on any atom is 0.316 e. The van der Waals surface area contributed by atoms with Crippen LogP contribution in [0.15, 0.2) is 0 Å². The van der Waals surface area contributed by atoms with Crippen molar-refractivity contribution in [2.45, 2.75) is 0 Å². The van der Waals surface area contributed by atoms with Crippen molar-refractivity contribution in [3.8, 4) is 0 Å². The van der Waals surface area contributed by atoms with Crippen LogP contribution in [0.25, 0.3) is 0 Å². The van der Waals surface area contributed by atoms with Crippen molar-refractivity contribution >= 4 is 66.9 Å². The van der Waals surface area contributed by atoms with Crippen molar-refractivity contribution in [2.24, 2.45) is 0 Å². The molecule has 0 fully saturated rings. The molecule has 0 aliphatic heterocycles. The van der Waals surface area contributed by atoms with Gasteiger partial charge in [-0.3, -0.25) is 0 Å². The number of rotatable bonds is 0. The Morgan fingerprint density at radius 3 is 1.17 bits per heavy atom. The summed E-state index contributed by atoms with van der Waals surface area (Å²) in [5, 5.41) is 0. The van der Waals surface area contributed by atoms with Gasteiger partial charge in [-0.2, -0.15) is 0 Å². The van der Waals surface area contributed by atoms with E-state index in [1.807, 2.05) is 25.7 Å². The molecule has 0 aromatic heterocycles. The van der Waals surface area contributed by atoms with Gasteiger partial charge in [-0.05, 0) is 0 Å². The smallest absolute Gasteiger partial charge is 0 e. The van der Waals surface area contributed by atoms with Crippen LogP contribution >= 0.6 is 0 Å². The first-order valence-electron chi connectivity index (χ1n) is 0.408. The second-order valence-electron chi connectivity index (χ2n) is 0. The van der Waals surface area contributed by atoms with Gasteiger partial charge in [-0.15, -0.1) is 0 Å². The topological polar surface area (TPSA) is 0 Å². The zero-order valence-corrected chi connectivity index (χ0v) is 8.65. The quantitative estimate of drug-likeness (QED) is 0.425. The third-order valence-electron chi connectivity index (χ3n) is 0. The van der Waals surface area contributed by atoms with Crippen LogP contribution in [0.2, 0.25) is 0 Å². The summed E-state index contributed by atoms with van der Waals surface area (Å²) < 4.78 is 0. The van der Waals surface area contributed by atoms with Crippen LogP contribution in [0.3, 0.4) is 0 Å². The van der Waals surface area contributed by atoms with Crippen LogP contribution in [-0.4, -0.2) is 66.9 Å². The monoisotopic (exact) mass is 298 g/mol. The van der Waals surface area contributed by atoms with E-state index in [1.54, 1.807) is 0 Å². The molecule has 0 aromatic carbocycles. The van der Waals surface area contributed by atoms with Crippen molar-refractivity contribution in [1.82, 2.24) is 0 Å². The van der Waals surface area contributed by atoms with Gasteiger partial charge in [0.1, 0.15) is 0 Å². The molecule has 0 rings (SSSR count). The van der Waals surface area contributed by atoms with Gasteiger partial charge in [-0.1, -0.05) is 0 Å². The SMILES string of the molecule is [BH2][Mo].[CaH2].[MgH2].[Mn].[Zn]. The van der Waals surface area contributed by atoms with E-state index < -0.39 is 0 Å². The van der Waals surface area contributed by atoms with Crippen molar-refractivity contribution in [3.05, 3.63) is 0 Å². The Balaban J connectivity index is -0.000000000833. The first kappa shape index (κ1) is 32.6. The molecular formula is H6BCaMgMnMoZn. The van der Waals surface area contributed by atoms with Gasteiger partial charge >= 0.3 is 86.5 Å². The average Bonchev–Trinajstić information content (AvgIpc) is 1.00. The molecule has 0 aliphatic rings. The fraction of sp³-hybridized carbons (Fsp3) is 0. The summed E-state index contributed by atoms with van der Waals surface area (Å²) >= 11 is 1.95. The van der Waals surface area contributed by atoms with E-state index in [1.165, 1.54) is 0 Å². The average molecular weight is 298 g/mol. The Hall–Kier alpha value is 3.92. The van der Waals surface area contributed by atoms with Crippen LogP contribution < -0.4 is 0 Å². The molecule has 0 N–H and O–H groups in total. The van der Waals surface area contributed by atoms with Crippen molar-refractivity contribution in [3.63, 3.8) is 0 Å². The van der Waals surface area contributed by atoms with E-state index in [2.05, 4.69) is 0 Å². The molecule has 0 saturated carbocycles. The molecule has 6 heavy (non-hydrogen) atoms. The minimum atomic E-state index is 0. The summed E-state index contributed by atoms with van der Waals surface area (Å²) in [5.74, 6) is 0. The summed E-state index contributed by atoms with van der Waals surface area (Å²) in [7, 11) is 0. The summed E-state index contributed by atoms with van der Waals surface area (Å²) in [5.41, 5.74) is 0. The normalized spacial score (nSPS) is 0.667. The van der Waals surface area contributed by atoms with E-state index in [9.17, 15) is 0 Å². The molecule has 0 saturated heterocycles. The molecule has 28 valence electrons. The van der Waals surface area contributed by atoms with Gasteiger partial charge in [0.2, 0.25) is 0 Å². The Morgan fingerprint density at radius 2 is 1.17 bits per heavy atom. The molecule has 0 aliphatic carbocycles. The summed E-state index contributed by atoms with van der Waals surface area (Å²) in [6, 6.07) is 0. The standard InChI is InChI=1S/BH2.Ca.Mg.Mn.Mo.Zn.4H/h1H2;;;;;;;;;/q+1;;;;-1;;;;;. The van der Waals surface area contributed by atoms with Gasteiger partial charge in [0.05, 0.1) is 0 Å². The van der Waals surface area contributed by atoms with Crippen molar-refractivity contribution < 1.29 is 56.2 Å². The Labute approximate surface area is 120 Å². The third-order valence-corrected chi connectivity index (χ3v) is 0. The Bertz CT molecular complexity index is 15.5. The summed E-state index contributed by atoms with van der Waals surface area (Å²) in [6.45, 7) is 0. The van der Waals surface area contributed by atoms with Crippen molar-refractivity contribution in [1.29, 1.82) is 0 Å². The maximum absolute atomic E-state index is 2.01. The molecule has 0 heterocycles. The van der Waals surface area contributed by atoms with Crippen LogP contribution in [0.4, 0.5) is 0 Å². The van der Waals surface area contributed by atoms with Gasteiger partial charge in [0.25, 0.3) is 0 Å². The second kappa shape index (κ2) is 36.4. The van der Waals surface area contributed by atoms with E-state index in [0.29, 0.717) is 0 Å². The van der Waals surface area contributed by atoms with Crippen molar-refractivity contribution in [2.75, 3.05) is 0 Å². The fourth-order valence-electron chi connectivity index (χ4n) is 0. The maximum atomic E-state index is 2.01. The Morgan fingerprint density at radius 1 is 1.17 bits per heavy atom. The zero-order chi connectivity index (χ0) is 2.00. The van der Waals surface area contributed by atoms with Crippen LogP contribution in [0.5, 0.6) is 0 Å². The molecule has 1 radical (unpaired) electrons. The molecular weight excluding hydrogens is 291 g/mol.